The van der Waals surface area contributed by atoms with E-state index in [0.717, 1.165) is 36.6 Å². The Labute approximate surface area is 128 Å². The molecule has 3 rings (SSSR count). The van der Waals surface area contributed by atoms with Crippen LogP contribution in [0.1, 0.15) is 37.7 Å². The molecule has 0 heterocycles. The fourth-order valence-electron chi connectivity index (χ4n) is 3.39. The number of halogens is 1. The van der Waals surface area contributed by atoms with E-state index in [4.69, 9.17) is 5.73 Å². The van der Waals surface area contributed by atoms with Crippen LogP contribution in [0, 0.1) is 11.8 Å². The second-order valence-corrected chi connectivity index (χ2v) is 7.03. The zero-order valence-corrected chi connectivity index (χ0v) is 13.2. The Morgan fingerprint density at radius 3 is 2.85 bits per heavy atom. The van der Waals surface area contributed by atoms with Crippen molar-refractivity contribution in [3.63, 3.8) is 0 Å². The number of rotatable bonds is 4. The third-order valence-electron chi connectivity index (χ3n) is 4.79. The molecule has 0 aliphatic heterocycles. The van der Waals surface area contributed by atoms with Crippen LogP contribution in [-0.4, -0.2) is 12.5 Å². The molecule has 2 aliphatic carbocycles. The summed E-state index contributed by atoms with van der Waals surface area (Å²) >= 11 is 3.51. The van der Waals surface area contributed by atoms with Crippen LogP contribution in [0.5, 0.6) is 0 Å². The van der Waals surface area contributed by atoms with Gasteiger partial charge in [-0.05, 0) is 55.8 Å². The van der Waals surface area contributed by atoms with E-state index in [1.807, 2.05) is 12.1 Å². The van der Waals surface area contributed by atoms with E-state index in [1.54, 1.807) is 0 Å². The third kappa shape index (κ3) is 2.63. The van der Waals surface area contributed by atoms with Crippen molar-refractivity contribution in [2.45, 2.75) is 37.6 Å². The molecule has 2 fully saturated rings. The van der Waals surface area contributed by atoms with E-state index >= 15 is 0 Å². The third-order valence-corrected chi connectivity index (χ3v) is 5.28. The molecule has 2 aliphatic rings. The highest BCUT2D eigenvalue weighted by Crippen LogP contribution is 2.46. The zero-order chi connectivity index (χ0) is 14.2. The molecule has 4 heteroatoms. The van der Waals surface area contributed by atoms with Crippen LogP contribution in [0.15, 0.2) is 28.7 Å². The van der Waals surface area contributed by atoms with E-state index in [-0.39, 0.29) is 17.4 Å². The molecular formula is C16H21BrN2O. The van der Waals surface area contributed by atoms with Crippen molar-refractivity contribution in [2.75, 3.05) is 6.54 Å². The molecule has 20 heavy (non-hydrogen) atoms. The Morgan fingerprint density at radius 2 is 2.20 bits per heavy atom. The van der Waals surface area contributed by atoms with E-state index in [9.17, 15) is 4.79 Å². The van der Waals surface area contributed by atoms with Crippen LogP contribution in [0.25, 0.3) is 0 Å². The van der Waals surface area contributed by atoms with Crippen LogP contribution in [0.2, 0.25) is 0 Å². The molecule has 0 saturated heterocycles. The second kappa shape index (κ2) is 5.49. The largest absolute Gasteiger partial charge is 0.346 e. The molecule has 3 N–H and O–H groups in total. The summed E-state index contributed by atoms with van der Waals surface area (Å²) in [6.45, 7) is 0.627. The van der Waals surface area contributed by atoms with E-state index in [1.165, 1.54) is 5.56 Å². The fourth-order valence-corrected chi connectivity index (χ4v) is 3.79. The summed E-state index contributed by atoms with van der Waals surface area (Å²) in [7, 11) is 0. The minimum Gasteiger partial charge on any atom is -0.346 e. The Morgan fingerprint density at radius 1 is 1.40 bits per heavy atom. The SMILES string of the molecule is NC[C@H]1CCC[C@H]1C(=O)NC1(c2cccc(Br)c2)CC1. The Hall–Kier alpha value is -0.870. The maximum absolute atomic E-state index is 12.6. The minimum atomic E-state index is -0.122. The summed E-state index contributed by atoms with van der Waals surface area (Å²) in [5.74, 6) is 0.688. The lowest BCUT2D eigenvalue weighted by Gasteiger charge is -2.23. The topological polar surface area (TPSA) is 55.1 Å². The van der Waals surface area contributed by atoms with Crippen molar-refractivity contribution in [3.05, 3.63) is 34.3 Å². The fraction of sp³-hybridized carbons (Fsp3) is 0.562. The van der Waals surface area contributed by atoms with Crippen molar-refractivity contribution >= 4 is 21.8 Å². The summed E-state index contributed by atoms with van der Waals surface area (Å²) in [5, 5.41) is 3.30. The molecule has 2 saturated carbocycles. The molecule has 2 atom stereocenters. The van der Waals surface area contributed by atoms with E-state index < -0.39 is 0 Å². The van der Waals surface area contributed by atoms with E-state index in [2.05, 4.69) is 33.4 Å². The normalized spacial score (nSPS) is 27.3. The molecule has 0 unspecified atom stereocenters. The molecular weight excluding hydrogens is 316 g/mol. The average molecular weight is 337 g/mol. The van der Waals surface area contributed by atoms with Gasteiger partial charge in [0, 0.05) is 10.4 Å². The predicted molar refractivity (Wildman–Crippen MR) is 83.1 cm³/mol. The molecule has 0 spiro atoms. The summed E-state index contributed by atoms with van der Waals surface area (Å²) in [5.41, 5.74) is 6.87. The van der Waals surface area contributed by atoms with Crippen LogP contribution in [0.4, 0.5) is 0 Å². The number of hydrogen-bond acceptors (Lipinski definition) is 2. The first-order valence-electron chi connectivity index (χ1n) is 7.43. The summed E-state index contributed by atoms with van der Waals surface area (Å²) in [4.78, 5) is 12.6. The standard InChI is InChI=1S/C16H21BrN2O/c17-13-5-2-4-12(9-13)16(7-8-16)19-15(20)14-6-1-3-11(14)10-18/h2,4-5,9,11,14H,1,3,6-8,10,18H2,(H,19,20)/t11-,14-/m1/s1. The van der Waals surface area contributed by atoms with Gasteiger partial charge in [-0.15, -0.1) is 0 Å². The second-order valence-electron chi connectivity index (χ2n) is 6.11. The lowest BCUT2D eigenvalue weighted by molar-refractivity contribution is -0.127. The number of benzene rings is 1. The first-order valence-corrected chi connectivity index (χ1v) is 8.22. The first-order chi connectivity index (χ1) is 9.64. The Bertz CT molecular complexity index is 513. The van der Waals surface area contributed by atoms with Crippen LogP contribution in [0.3, 0.4) is 0 Å². The first kappa shape index (κ1) is 14.1. The van der Waals surface area contributed by atoms with Gasteiger partial charge < -0.3 is 11.1 Å². The van der Waals surface area contributed by atoms with Gasteiger partial charge in [-0.3, -0.25) is 4.79 Å². The number of nitrogens with one attached hydrogen (secondary N) is 1. The summed E-state index contributed by atoms with van der Waals surface area (Å²) in [6, 6.07) is 8.27. The van der Waals surface area contributed by atoms with Crippen LogP contribution < -0.4 is 11.1 Å². The average Bonchev–Trinajstić information content (AvgIpc) is 3.06. The lowest BCUT2D eigenvalue weighted by atomic mass is 9.94. The van der Waals surface area contributed by atoms with E-state index in [0.29, 0.717) is 12.5 Å². The summed E-state index contributed by atoms with van der Waals surface area (Å²) in [6.07, 6.45) is 5.29. The van der Waals surface area contributed by atoms with Gasteiger partial charge in [-0.25, -0.2) is 0 Å². The van der Waals surface area contributed by atoms with Crippen LogP contribution >= 0.6 is 15.9 Å². The van der Waals surface area contributed by atoms with Crippen LogP contribution in [-0.2, 0) is 10.3 Å². The van der Waals surface area contributed by atoms with Crippen molar-refractivity contribution in [1.82, 2.24) is 5.32 Å². The number of hydrogen-bond donors (Lipinski definition) is 2. The van der Waals surface area contributed by atoms with Crippen molar-refractivity contribution in [2.24, 2.45) is 17.6 Å². The van der Waals surface area contributed by atoms with Crippen molar-refractivity contribution in [1.29, 1.82) is 0 Å². The van der Waals surface area contributed by atoms with Crippen molar-refractivity contribution < 1.29 is 4.79 Å². The zero-order valence-electron chi connectivity index (χ0n) is 11.6. The molecule has 1 amide bonds. The maximum atomic E-state index is 12.6. The highest BCUT2D eigenvalue weighted by Gasteiger charge is 2.47. The quantitative estimate of drug-likeness (QED) is 0.888. The summed E-state index contributed by atoms with van der Waals surface area (Å²) < 4.78 is 1.07. The van der Waals surface area contributed by atoms with Gasteiger partial charge in [0.1, 0.15) is 0 Å². The molecule has 1 aromatic carbocycles. The molecule has 0 radical (unpaired) electrons. The highest BCUT2D eigenvalue weighted by molar-refractivity contribution is 9.10. The molecule has 3 nitrogen and oxygen atoms in total. The van der Waals surface area contributed by atoms with Gasteiger partial charge in [-0.1, -0.05) is 34.5 Å². The molecule has 1 aromatic rings. The van der Waals surface area contributed by atoms with Gasteiger partial charge >= 0.3 is 0 Å². The van der Waals surface area contributed by atoms with Gasteiger partial charge in [-0.2, -0.15) is 0 Å². The number of carbonyl (C=O) groups is 1. The Kier molecular flexibility index (Phi) is 3.87. The van der Waals surface area contributed by atoms with Gasteiger partial charge in [0.25, 0.3) is 0 Å². The smallest absolute Gasteiger partial charge is 0.224 e. The van der Waals surface area contributed by atoms with Gasteiger partial charge in [0.05, 0.1) is 5.54 Å². The molecule has 0 aromatic heterocycles. The molecule has 0 bridgehead atoms. The molecule has 108 valence electrons. The maximum Gasteiger partial charge on any atom is 0.224 e. The number of amides is 1. The number of nitrogens with two attached hydrogens (primary N) is 1. The van der Waals surface area contributed by atoms with Gasteiger partial charge in [0.2, 0.25) is 5.91 Å². The van der Waals surface area contributed by atoms with Gasteiger partial charge in [0.15, 0.2) is 0 Å². The Balaban J connectivity index is 1.72. The van der Waals surface area contributed by atoms with Crippen molar-refractivity contribution in [3.8, 4) is 0 Å². The highest BCUT2D eigenvalue weighted by atomic mass is 79.9. The minimum absolute atomic E-state index is 0.115. The number of carbonyl (C=O) groups excluding carboxylic acids is 1. The predicted octanol–water partition coefficient (Wildman–Crippen LogP) is 2.93. The monoisotopic (exact) mass is 336 g/mol. The lowest BCUT2D eigenvalue weighted by Crippen LogP contribution is -2.41.